The zero-order chi connectivity index (χ0) is 12.7. The third-order valence-electron chi connectivity index (χ3n) is 3.01. The van der Waals surface area contributed by atoms with Crippen LogP contribution in [0, 0.1) is 5.92 Å². The average Bonchev–Trinajstić information content (AvgIpc) is 2.34. The Kier molecular flexibility index (Phi) is 5.97. The summed E-state index contributed by atoms with van der Waals surface area (Å²) in [6.07, 6.45) is 2.62. The van der Waals surface area contributed by atoms with Gasteiger partial charge < -0.3 is 14.7 Å². The third-order valence-corrected chi connectivity index (χ3v) is 3.01. The first-order chi connectivity index (χ1) is 8.15. The Labute approximate surface area is 102 Å². The molecular formula is C12H21NO4. The van der Waals surface area contributed by atoms with Crippen LogP contribution in [0.3, 0.4) is 0 Å². The van der Waals surface area contributed by atoms with Gasteiger partial charge in [0.15, 0.2) is 0 Å². The first-order valence-corrected chi connectivity index (χ1v) is 6.23. The van der Waals surface area contributed by atoms with Crippen molar-refractivity contribution in [2.75, 3.05) is 26.3 Å². The fourth-order valence-corrected chi connectivity index (χ4v) is 2.03. The fourth-order valence-electron chi connectivity index (χ4n) is 2.03. The van der Waals surface area contributed by atoms with E-state index in [2.05, 4.69) is 0 Å². The number of carboxylic acid groups (broad SMARTS) is 1. The standard InChI is InChI=1S/C12H21NO4/c1-2-17-8-4-6-11(14)13-7-3-5-10(9-13)12(15)16/h10H,2-9H2,1H3,(H,15,16)/t10-/m1/s1. The Bertz CT molecular complexity index is 267. The van der Waals surface area contributed by atoms with Gasteiger partial charge in [0.25, 0.3) is 0 Å². The second-order valence-corrected chi connectivity index (χ2v) is 4.32. The van der Waals surface area contributed by atoms with Gasteiger partial charge in [-0.2, -0.15) is 0 Å². The number of amides is 1. The Morgan fingerprint density at radius 3 is 2.88 bits per heavy atom. The predicted octanol–water partition coefficient (Wildman–Crippen LogP) is 1.13. The third kappa shape index (κ3) is 4.73. The molecule has 1 atom stereocenters. The molecule has 0 aromatic heterocycles. The highest BCUT2D eigenvalue weighted by Gasteiger charge is 2.27. The summed E-state index contributed by atoms with van der Waals surface area (Å²) in [6.45, 7) is 4.24. The van der Waals surface area contributed by atoms with Gasteiger partial charge >= 0.3 is 5.97 Å². The first kappa shape index (κ1) is 14.0. The summed E-state index contributed by atoms with van der Waals surface area (Å²) < 4.78 is 5.17. The van der Waals surface area contributed by atoms with Crippen molar-refractivity contribution in [2.24, 2.45) is 5.92 Å². The van der Waals surface area contributed by atoms with E-state index in [0.29, 0.717) is 45.6 Å². The summed E-state index contributed by atoms with van der Waals surface area (Å²) in [5, 5.41) is 8.93. The van der Waals surface area contributed by atoms with Gasteiger partial charge in [0.1, 0.15) is 0 Å². The molecule has 0 saturated carbocycles. The van der Waals surface area contributed by atoms with Gasteiger partial charge in [0.2, 0.25) is 5.91 Å². The molecule has 5 nitrogen and oxygen atoms in total. The smallest absolute Gasteiger partial charge is 0.308 e. The van der Waals surface area contributed by atoms with E-state index in [4.69, 9.17) is 9.84 Å². The molecule has 0 aromatic carbocycles. The number of carbonyl (C=O) groups is 2. The Hall–Kier alpha value is -1.10. The molecule has 0 unspecified atom stereocenters. The minimum absolute atomic E-state index is 0.0515. The number of carbonyl (C=O) groups excluding carboxylic acids is 1. The van der Waals surface area contributed by atoms with Gasteiger partial charge in [-0.25, -0.2) is 0 Å². The van der Waals surface area contributed by atoms with Crippen molar-refractivity contribution >= 4 is 11.9 Å². The molecule has 17 heavy (non-hydrogen) atoms. The Morgan fingerprint density at radius 1 is 1.47 bits per heavy atom. The normalized spacial score (nSPS) is 20.3. The van der Waals surface area contributed by atoms with Crippen LogP contribution in [0.2, 0.25) is 0 Å². The molecule has 1 heterocycles. The molecule has 1 amide bonds. The second kappa shape index (κ2) is 7.27. The highest BCUT2D eigenvalue weighted by atomic mass is 16.5. The van der Waals surface area contributed by atoms with Gasteiger partial charge in [-0.05, 0) is 26.2 Å². The zero-order valence-corrected chi connectivity index (χ0v) is 10.4. The summed E-state index contributed by atoms with van der Waals surface area (Å²) in [5.41, 5.74) is 0. The highest BCUT2D eigenvalue weighted by molar-refractivity contribution is 5.78. The van der Waals surface area contributed by atoms with Gasteiger partial charge in [0.05, 0.1) is 5.92 Å². The molecule has 0 radical (unpaired) electrons. The van der Waals surface area contributed by atoms with E-state index in [1.807, 2.05) is 6.92 Å². The lowest BCUT2D eigenvalue weighted by atomic mass is 9.98. The van der Waals surface area contributed by atoms with E-state index < -0.39 is 5.97 Å². The van der Waals surface area contributed by atoms with Gasteiger partial charge in [0, 0.05) is 32.7 Å². The summed E-state index contributed by atoms with van der Waals surface area (Å²) in [7, 11) is 0. The molecule has 5 heteroatoms. The van der Waals surface area contributed by atoms with E-state index in [9.17, 15) is 9.59 Å². The number of hydrogen-bond donors (Lipinski definition) is 1. The maximum absolute atomic E-state index is 11.8. The van der Waals surface area contributed by atoms with Crippen LogP contribution in [0.15, 0.2) is 0 Å². The van der Waals surface area contributed by atoms with Crippen LogP contribution in [0.4, 0.5) is 0 Å². The molecule has 1 fully saturated rings. The van der Waals surface area contributed by atoms with Crippen LogP contribution in [0.5, 0.6) is 0 Å². The van der Waals surface area contributed by atoms with Crippen molar-refractivity contribution in [2.45, 2.75) is 32.6 Å². The lowest BCUT2D eigenvalue weighted by Gasteiger charge is -2.30. The van der Waals surface area contributed by atoms with Crippen molar-refractivity contribution in [1.82, 2.24) is 4.90 Å². The Morgan fingerprint density at radius 2 is 2.24 bits per heavy atom. The van der Waals surface area contributed by atoms with E-state index in [0.717, 1.165) is 6.42 Å². The van der Waals surface area contributed by atoms with E-state index in [1.165, 1.54) is 0 Å². The molecule has 1 N–H and O–H groups in total. The lowest BCUT2D eigenvalue weighted by Crippen LogP contribution is -2.42. The number of piperidine rings is 1. The molecule has 1 aliphatic rings. The van der Waals surface area contributed by atoms with Gasteiger partial charge in [-0.3, -0.25) is 9.59 Å². The highest BCUT2D eigenvalue weighted by Crippen LogP contribution is 2.17. The van der Waals surface area contributed by atoms with E-state index in [-0.39, 0.29) is 11.8 Å². The topological polar surface area (TPSA) is 66.8 Å². The summed E-state index contributed by atoms with van der Waals surface area (Å²) >= 11 is 0. The fraction of sp³-hybridized carbons (Fsp3) is 0.833. The SMILES string of the molecule is CCOCCCC(=O)N1CCC[C@@H](C(=O)O)C1. The lowest BCUT2D eigenvalue weighted by molar-refractivity contribution is -0.145. The van der Waals surface area contributed by atoms with Crippen LogP contribution in [-0.4, -0.2) is 48.2 Å². The minimum Gasteiger partial charge on any atom is -0.481 e. The molecule has 1 rings (SSSR count). The molecule has 98 valence electrons. The van der Waals surface area contributed by atoms with Crippen LogP contribution < -0.4 is 0 Å². The van der Waals surface area contributed by atoms with Crippen molar-refractivity contribution < 1.29 is 19.4 Å². The number of ether oxygens (including phenoxy) is 1. The number of hydrogen-bond acceptors (Lipinski definition) is 3. The van der Waals surface area contributed by atoms with Gasteiger partial charge in [-0.15, -0.1) is 0 Å². The summed E-state index contributed by atoms with van der Waals surface area (Å²) in [6, 6.07) is 0. The van der Waals surface area contributed by atoms with Crippen molar-refractivity contribution in [1.29, 1.82) is 0 Å². The van der Waals surface area contributed by atoms with Crippen molar-refractivity contribution in [3.8, 4) is 0 Å². The number of carboxylic acids is 1. The summed E-state index contributed by atoms with van der Waals surface area (Å²) in [5.74, 6) is -1.13. The van der Waals surface area contributed by atoms with Crippen molar-refractivity contribution in [3.63, 3.8) is 0 Å². The van der Waals surface area contributed by atoms with Crippen LogP contribution >= 0.6 is 0 Å². The second-order valence-electron chi connectivity index (χ2n) is 4.32. The zero-order valence-electron chi connectivity index (χ0n) is 10.4. The predicted molar refractivity (Wildman–Crippen MR) is 62.7 cm³/mol. The van der Waals surface area contributed by atoms with Crippen LogP contribution in [0.1, 0.15) is 32.6 Å². The largest absolute Gasteiger partial charge is 0.481 e. The monoisotopic (exact) mass is 243 g/mol. The summed E-state index contributed by atoms with van der Waals surface area (Å²) in [4.78, 5) is 24.3. The quantitative estimate of drug-likeness (QED) is 0.710. The van der Waals surface area contributed by atoms with Crippen LogP contribution in [-0.2, 0) is 14.3 Å². The van der Waals surface area contributed by atoms with Gasteiger partial charge in [-0.1, -0.05) is 0 Å². The number of aliphatic carboxylic acids is 1. The first-order valence-electron chi connectivity index (χ1n) is 6.23. The molecule has 1 saturated heterocycles. The number of rotatable bonds is 6. The minimum atomic E-state index is -0.795. The van der Waals surface area contributed by atoms with E-state index >= 15 is 0 Å². The molecular weight excluding hydrogens is 222 g/mol. The maximum Gasteiger partial charge on any atom is 0.308 e. The maximum atomic E-state index is 11.8. The molecule has 0 aliphatic carbocycles. The molecule has 0 aromatic rings. The van der Waals surface area contributed by atoms with Crippen molar-refractivity contribution in [3.05, 3.63) is 0 Å². The van der Waals surface area contributed by atoms with E-state index in [1.54, 1.807) is 4.90 Å². The average molecular weight is 243 g/mol. The van der Waals surface area contributed by atoms with Crippen LogP contribution in [0.25, 0.3) is 0 Å². The number of likely N-dealkylation sites (tertiary alicyclic amines) is 1. The molecule has 1 aliphatic heterocycles. The molecule has 0 spiro atoms. The molecule has 0 bridgehead atoms. The number of nitrogens with zero attached hydrogens (tertiary/aromatic N) is 1. The Balaban J connectivity index is 2.28.